The number of aromatic nitrogens is 2. The fraction of sp³-hybridized carbons (Fsp3) is 0.200. The summed E-state index contributed by atoms with van der Waals surface area (Å²) in [6.07, 6.45) is 5.04. The summed E-state index contributed by atoms with van der Waals surface area (Å²) < 4.78 is 4.87. The number of hydrogen-bond donors (Lipinski definition) is 1. The van der Waals surface area contributed by atoms with Crippen molar-refractivity contribution in [2.45, 2.75) is 6.92 Å². The van der Waals surface area contributed by atoms with E-state index in [1.165, 1.54) is 0 Å². The summed E-state index contributed by atoms with van der Waals surface area (Å²) in [4.78, 5) is 18.3. The van der Waals surface area contributed by atoms with Crippen LogP contribution in [0, 0.1) is 0 Å². The van der Waals surface area contributed by atoms with Crippen LogP contribution in [0.2, 0.25) is 0 Å². The summed E-state index contributed by atoms with van der Waals surface area (Å²) in [6.45, 7) is 2.17. The Bertz CT molecular complexity index is 422. The molecular formula is C10H10N2O2. The van der Waals surface area contributed by atoms with Crippen LogP contribution in [0.1, 0.15) is 17.3 Å². The van der Waals surface area contributed by atoms with E-state index in [1.807, 2.05) is 0 Å². The highest BCUT2D eigenvalue weighted by Gasteiger charge is 2.10. The Kier molecular flexibility index (Phi) is 2.18. The normalized spacial score (nSPS) is 10.4. The first kappa shape index (κ1) is 8.74. The summed E-state index contributed by atoms with van der Waals surface area (Å²) in [7, 11) is 0. The van der Waals surface area contributed by atoms with Gasteiger partial charge in [0.2, 0.25) is 0 Å². The highest BCUT2D eigenvalue weighted by atomic mass is 16.5. The quantitative estimate of drug-likeness (QED) is 0.733. The van der Waals surface area contributed by atoms with Gasteiger partial charge in [0.25, 0.3) is 0 Å². The van der Waals surface area contributed by atoms with Crippen molar-refractivity contribution >= 4 is 5.97 Å². The molecule has 0 fully saturated rings. The first-order valence-electron chi connectivity index (χ1n) is 4.40. The lowest BCUT2D eigenvalue weighted by Gasteiger charge is -2.03. The summed E-state index contributed by atoms with van der Waals surface area (Å²) in [5.41, 5.74) is 2.35. The number of esters is 1. The molecule has 0 radical (unpaired) electrons. The topological polar surface area (TPSA) is 55.0 Å². The van der Waals surface area contributed by atoms with Gasteiger partial charge in [-0.05, 0) is 13.0 Å². The van der Waals surface area contributed by atoms with Crippen molar-refractivity contribution in [2.24, 2.45) is 0 Å². The molecule has 0 saturated heterocycles. The minimum absolute atomic E-state index is 0.313. The van der Waals surface area contributed by atoms with Crippen molar-refractivity contribution in [3.8, 4) is 11.3 Å². The molecule has 0 saturated carbocycles. The van der Waals surface area contributed by atoms with Gasteiger partial charge in [-0.25, -0.2) is 4.79 Å². The minimum atomic E-state index is -0.313. The van der Waals surface area contributed by atoms with E-state index < -0.39 is 0 Å². The van der Waals surface area contributed by atoms with E-state index in [-0.39, 0.29) is 5.97 Å². The molecule has 72 valence electrons. The van der Waals surface area contributed by atoms with Crippen LogP contribution in [-0.4, -0.2) is 22.5 Å². The number of nitrogens with zero attached hydrogens (tertiary/aromatic N) is 1. The third kappa shape index (κ3) is 1.46. The van der Waals surface area contributed by atoms with Crippen LogP contribution in [0.3, 0.4) is 0 Å². The van der Waals surface area contributed by atoms with E-state index in [2.05, 4.69) is 9.97 Å². The zero-order valence-corrected chi connectivity index (χ0v) is 7.78. The minimum Gasteiger partial charge on any atom is -0.462 e. The zero-order valence-electron chi connectivity index (χ0n) is 7.78. The van der Waals surface area contributed by atoms with Gasteiger partial charge >= 0.3 is 5.97 Å². The molecule has 4 heteroatoms. The molecule has 4 nitrogen and oxygen atoms in total. The average molecular weight is 190 g/mol. The molecule has 2 heterocycles. The second-order valence-corrected chi connectivity index (χ2v) is 2.89. The van der Waals surface area contributed by atoms with Gasteiger partial charge in [0.1, 0.15) is 0 Å². The number of ether oxygens (including phenoxy) is 1. The Morgan fingerprint density at radius 1 is 1.57 bits per heavy atom. The van der Waals surface area contributed by atoms with Crippen molar-refractivity contribution in [2.75, 3.05) is 6.61 Å². The van der Waals surface area contributed by atoms with Crippen LogP contribution in [0.4, 0.5) is 0 Å². The van der Waals surface area contributed by atoms with Crippen molar-refractivity contribution < 1.29 is 9.53 Å². The predicted octanol–water partition coefficient (Wildman–Crippen LogP) is 1.69. The van der Waals surface area contributed by atoms with Crippen LogP contribution < -0.4 is 0 Å². The average Bonchev–Trinajstić information content (AvgIpc) is 2.64. The molecule has 0 unspecified atom stereocenters. The SMILES string of the molecule is CCOC(=O)c1c[nH]c2cncc-2c1. The third-order valence-corrected chi connectivity index (χ3v) is 1.93. The Hall–Kier alpha value is -1.84. The summed E-state index contributed by atoms with van der Waals surface area (Å²) >= 11 is 0. The number of nitrogens with one attached hydrogen (secondary N) is 1. The number of pyridine rings is 1. The monoisotopic (exact) mass is 190 g/mol. The van der Waals surface area contributed by atoms with Gasteiger partial charge in [-0.1, -0.05) is 0 Å². The molecule has 2 rings (SSSR count). The highest BCUT2D eigenvalue weighted by molar-refractivity contribution is 5.90. The van der Waals surface area contributed by atoms with E-state index in [0.717, 1.165) is 11.3 Å². The van der Waals surface area contributed by atoms with E-state index in [9.17, 15) is 4.79 Å². The second-order valence-electron chi connectivity index (χ2n) is 2.89. The predicted molar refractivity (Wildman–Crippen MR) is 51.2 cm³/mol. The number of carbonyl (C=O) groups is 1. The molecule has 2 aliphatic heterocycles. The van der Waals surface area contributed by atoms with E-state index >= 15 is 0 Å². The summed E-state index contributed by atoms with van der Waals surface area (Å²) in [6, 6.07) is 1.76. The number of hydrogen-bond acceptors (Lipinski definition) is 3. The maximum atomic E-state index is 11.3. The largest absolute Gasteiger partial charge is 0.462 e. The van der Waals surface area contributed by atoms with Crippen molar-refractivity contribution in [1.82, 2.24) is 9.97 Å². The molecule has 0 aromatic carbocycles. The lowest BCUT2D eigenvalue weighted by atomic mass is 10.2. The number of aromatic amines is 1. The molecule has 0 amide bonds. The smallest absolute Gasteiger partial charge is 0.339 e. The maximum absolute atomic E-state index is 11.3. The number of H-pyrrole nitrogens is 1. The van der Waals surface area contributed by atoms with Gasteiger partial charge in [-0.15, -0.1) is 0 Å². The van der Waals surface area contributed by atoms with Crippen LogP contribution in [-0.2, 0) is 4.74 Å². The van der Waals surface area contributed by atoms with Gasteiger partial charge in [-0.3, -0.25) is 4.98 Å². The lowest BCUT2D eigenvalue weighted by Crippen LogP contribution is -2.05. The van der Waals surface area contributed by atoms with Crippen molar-refractivity contribution in [3.05, 3.63) is 30.2 Å². The molecule has 0 spiro atoms. The molecule has 0 aromatic heterocycles. The Morgan fingerprint density at radius 2 is 2.43 bits per heavy atom. The zero-order chi connectivity index (χ0) is 9.97. The highest BCUT2D eigenvalue weighted by Crippen LogP contribution is 2.19. The van der Waals surface area contributed by atoms with Gasteiger partial charge in [0.15, 0.2) is 0 Å². The fourth-order valence-electron chi connectivity index (χ4n) is 1.27. The first-order valence-corrected chi connectivity index (χ1v) is 4.40. The lowest BCUT2D eigenvalue weighted by molar-refractivity contribution is 0.0526. The molecule has 0 atom stereocenters. The second kappa shape index (κ2) is 3.49. The fourth-order valence-corrected chi connectivity index (χ4v) is 1.27. The molecule has 1 N–H and O–H groups in total. The van der Waals surface area contributed by atoms with E-state index in [4.69, 9.17) is 4.74 Å². The van der Waals surface area contributed by atoms with Gasteiger partial charge in [0.05, 0.1) is 24.1 Å². The summed E-state index contributed by atoms with van der Waals surface area (Å²) in [5, 5.41) is 0. The van der Waals surface area contributed by atoms with Crippen LogP contribution in [0.5, 0.6) is 0 Å². The molecule has 14 heavy (non-hydrogen) atoms. The maximum Gasteiger partial charge on any atom is 0.339 e. The van der Waals surface area contributed by atoms with E-state index in [1.54, 1.807) is 31.6 Å². The van der Waals surface area contributed by atoms with Gasteiger partial charge in [0, 0.05) is 18.0 Å². The van der Waals surface area contributed by atoms with Gasteiger partial charge in [-0.2, -0.15) is 0 Å². The number of fused-ring (bicyclic) bond motifs is 1. The van der Waals surface area contributed by atoms with Crippen molar-refractivity contribution in [3.63, 3.8) is 0 Å². The molecule has 0 bridgehead atoms. The van der Waals surface area contributed by atoms with Crippen LogP contribution in [0.25, 0.3) is 11.3 Å². The Balaban J connectivity index is 2.35. The molecule has 2 aliphatic rings. The van der Waals surface area contributed by atoms with E-state index in [0.29, 0.717) is 12.2 Å². The summed E-state index contributed by atoms with van der Waals surface area (Å²) in [5.74, 6) is -0.313. The number of carbonyl (C=O) groups excluding carboxylic acids is 1. The number of rotatable bonds is 2. The first-order chi connectivity index (χ1) is 6.81. The van der Waals surface area contributed by atoms with Crippen LogP contribution in [0.15, 0.2) is 24.7 Å². The molecular weight excluding hydrogens is 180 g/mol. The van der Waals surface area contributed by atoms with Gasteiger partial charge < -0.3 is 9.72 Å². The molecule has 0 aromatic rings. The third-order valence-electron chi connectivity index (χ3n) is 1.93. The molecule has 0 aliphatic carbocycles. The Labute approximate surface area is 81.3 Å². The van der Waals surface area contributed by atoms with Crippen molar-refractivity contribution in [1.29, 1.82) is 0 Å². The van der Waals surface area contributed by atoms with Crippen LogP contribution >= 0.6 is 0 Å². The Morgan fingerprint density at radius 3 is 3.21 bits per heavy atom. The standard InChI is InChI=1S/C10H10N2O2/c1-2-14-10(13)8-3-7-4-11-6-9(7)12-5-8/h3-6,12H,2H2,1H3.